The second-order valence-electron chi connectivity index (χ2n) is 4.37. The molecule has 4 nitrogen and oxygen atoms in total. The number of carbonyl (C=O) groups is 1. The maximum atomic E-state index is 11.0. The van der Waals surface area contributed by atoms with Crippen molar-refractivity contribution in [2.75, 3.05) is 0 Å². The fourth-order valence-electron chi connectivity index (χ4n) is 1.55. The summed E-state index contributed by atoms with van der Waals surface area (Å²) < 4.78 is 12.7. The van der Waals surface area contributed by atoms with Crippen LogP contribution in [0.1, 0.15) is 6.92 Å². The molecule has 1 unspecified atom stereocenters. The van der Waals surface area contributed by atoms with E-state index in [0.29, 0.717) is 22.3 Å². The van der Waals surface area contributed by atoms with Gasteiger partial charge in [0.15, 0.2) is 17.6 Å². The molecular weight excluding hydrogens is 439 g/mol. The summed E-state index contributed by atoms with van der Waals surface area (Å²) >= 11 is 12.6. The molecule has 2 aromatic carbocycles. The molecule has 7 heteroatoms. The monoisotopic (exact) mass is 448 g/mol. The van der Waals surface area contributed by atoms with E-state index < -0.39 is 12.1 Å². The van der Waals surface area contributed by atoms with Crippen molar-refractivity contribution < 1.29 is 19.4 Å². The molecule has 116 valence electrons. The van der Waals surface area contributed by atoms with E-state index in [1.807, 2.05) is 0 Å². The Bertz CT molecular complexity index is 689. The third-order valence-electron chi connectivity index (χ3n) is 2.68. The molecule has 0 fully saturated rings. The molecule has 0 saturated carbocycles. The highest BCUT2D eigenvalue weighted by molar-refractivity contribution is 9.13. The van der Waals surface area contributed by atoms with Gasteiger partial charge in [0.05, 0.1) is 0 Å². The number of rotatable bonds is 5. The summed E-state index contributed by atoms with van der Waals surface area (Å²) in [5.74, 6) is 0.216. The highest BCUT2D eigenvalue weighted by Gasteiger charge is 2.17. The molecule has 0 aliphatic heterocycles. The molecule has 2 rings (SSSR count). The fraction of sp³-hybridized carbons (Fsp3) is 0.133. The molecular formula is C15H11Br2ClO4. The largest absolute Gasteiger partial charge is 0.479 e. The standard InChI is InChI=1S/C15H11Br2ClO4/c1-8(15(19)20)21-13-6-11(16)12(17)7-14(13)22-10-4-2-9(18)3-5-10/h2-8H,1H3,(H,19,20). The molecule has 0 aromatic heterocycles. The minimum atomic E-state index is -1.06. The number of halogens is 3. The van der Waals surface area contributed by atoms with Gasteiger partial charge in [-0.3, -0.25) is 0 Å². The number of carboxylic acids is 1. The lowest BCUT2D eigenvalue weighted by Crippen LogP contribution is -2.23. The van der Waals surface area contributed by atoms with Gasteiger partial charge in [0.25, 0.3) is 0 Å². The van der Waals surface area contributed by atoms with Gasteiger partial charge >= 0.3 is 5.97 Å². The first-order valence-electron chi connectivity index (χ1n) is 6.18. The van der Waals surface area contributed by atoms with E-state index in [0.717, 1.165) is 8.95 Å². The minimum absolute atomic E-state index is 0.319. The van der Waals surface area contributed by atoms with E-state index in [1.165, 1.54) is 6.92 Å². The quantitative estimate of drug-likeness (QED) is 0.653. The van der Waals surface area contributed by atoms with E-state index in [4.69, 9.17) is 26.2 Å². The summed E-state index contributed by atoms with van der Waals surface area (Å²) in [4.78, 5) is 11.0. The van der Waals surface area contributed by atoms with Gasteiger partial charge in [-0.2, -0.15) is 0 Å². The van der Waals surface area contributed by atoms with Crippen molar-refractivity contribution in [1.29, 1.82) is 0 Å². The molecule has 0 saturated heterocycles. The number of benzene rings is 2. The maximum absolute atomic E-state index is 11.0. The lowest BCUT2D eigenvalue weighted by molar-refractivity contribution is -0.144. The van der Waals surface area contributed by atoms with Crippen LogP contribution < -0.4 is 9.47 Å². The summed E-state index contributed by atoms with van der Waals surface area (Å²) in [7, 11) is 0. The van der Waals surface area contributed by atoms with Gasteiger partial charge in [0.1, 0.15) is 5.75 Å². The van der Waals surface area contributed by atoms with E-state index in [9.17, 15) is 4.79 Å². The molecule has 0 aliphatic carbocycles. The van der Waals surface area contributed by atoms with E-state index in [1.54, 1.807) is 36.4 Å². The van der Waals surface area contributed by atoms with Crippen molar-refractivity contribution in [1.82, 2.24) is 0 Å². The third kappa shape index (κ3) is 4.38. The van der Waals surface area contributed by atoms with Crippen LogP contribution in [0.5, 0.6) is 17.2 Å². The first-order chi connectivity index (χ1) is 10.4. The number of aliphatic carboxylic acids is 1. The first kappa shape index (κ1) is 17.1. The van der Waals surface area contributed by atoms with Crippen molar-refractivity contribution in [2.45, 2.75) is 13.0 Å². The first-order valence-corrected chi connectivity index (χ1v) is 8.15. The van der Waals surface area contributed by atoms with Crippen LogP contribution in [-0.4, -0.2) is 17.2 Å². The van der Waals surface area contributed by atoms with Crippen LogP contribution in [0.15, 0.2) is 45.3 Å². The minimum Gasteiger partial charge on any atom is -0.479 e. The van der Waals surface area contributed by atoms with E-state index in [-0.39, 0.29) is 0 Å². The highest BCUT2D eigenvalue weighted by atomic mass is 79.9. The normalized spacial score (nSPS) is 11.8. The Morgan fingerprint density at radius 2 is 1.68 bits per heavy atom. The van der Waals surface area contributed by atoms with Gasteiger partial charge in [-0.05, 0) is 75.2 Å². The molecule has 0 heterocycles. The van der Waals surface area contributed by atoms with Crippen molar-refractivity contribution in [2.24, 2.45) is 0 Å². The van der Waals surface area contributed by atoms with Gasteiger partial charge in [0, 0.05) is 14.0 Å². The Morgan fingerprint density at radius 3 is 2.23 bits per heavy atom. The summed E-state index contributed by atoms with van der Waals surface area (Å²) in [6.07, 6.45) is -0.999. The van der Waals surface area contributed by atoms with Crippen molar-refractivity contribution in [3.8, 4) is 17.2 Å². The number of carboxylic acid groups (broad SMARTS) is 1. The molecule has 0 radical (unpaired) electrons. The summed E-state index contributed by atoms with van der Waals surface area (Å²) in [6, 6.07) is 10.2. The number of hydrogen-bond donors (Lipinski definition) is 1. The van der Waals surface area contributed by atoms with Crippen LogP contribution >= 0.6 is 43.5 Å². The summed E-state index contributed by atoms with van der Waals surface area (Å²) in [5.41, 5.74) is 0. The van der Waals surface area contributed by atoms with Crippen molar-refractivity contribution in [3.05, 3.63) is 50.4 Å². The lowest BCUT2D eigenvalue weighted by Gasteiger charge is -2.16. The second-order valence-corrected chi connectivity index (χ2v) is 6.51. The predicted octanol–water partition coefficient (Wildman–Crippen LogP) is 5.51. The van der Waals surface area contributed by atoms with Gasteiger partial charge in [0.2, 0.25) is 0 Å². The van der Waals surface area contributed by atoms with Crippen LogP contribution in [0.2, 0.25) is 5.02 Å². The molecule has 0 aliphatic rings. The van der Waals surface area contributed by atoms with Crippen LogP contribution in [0.4, 0.5) is 0 Å². The van der Waals surface area contributed by atoms with Crippen LogP contribution in [0, 0.1) is 0 Å². The Hall–Kier alpha value is -1.24. The predicted molar refractivity (Wildman–Crippen MR) is 91.1 cm³/mol. The smallest absolute Gasteiger partial charge is 0.344 e. The Labute approximate surface area is 149 Å². The zero-order valence-corrected chi connectivity index (χ0v) is 15.3. The third-order valence-corrected chi connectivity index (χ3v) is 4.78. The average Bonchev–Trinajstić information content (AvgIpc) is 2.46. The molecule has 0 spiro atoms. The maximum Gasteiger partial charge on any atom is 0.344 e. The van der Waals surface area contributed by atoms with Crippen molar-refractivity contribution in [3.63, 3.8) is 0 Å². The Kier molecular flexibility index (Phi) is 5.72. The second kappa shape index (κ2) is 7.35. The highest BCUT2D eigenvalue weighted by Crippen LogP contribution is 2.39. The molecule has 1 N–H and O–H groups in total. The van der Waals surface area contributed by atoms with Crippen molar-refractivity contribution >= 4 is 49.4 Å². The Balaban J connectivity index is 2.33. The number of hydrogen-bond acceptors (Lipinski definition) is 3. The van der Waals surface area contributed by atoms with Gasteiger partial charge in [-0.25, -0.2) is 4.79 Å². The van der Waals surface area contributed by atoms with Crippen LogP contribution in [0.3, 0.4) is 0 Å². The van der Waals surface area contributed by atoms with Crippen LogP contribution in [-0.2, 0) is 4.79 Å². The zero-order chi connectivity index (χ0) is 16.3. The molecule has 1 atom stereocenters. The zero-order valence-electron chi connectivity index (χ0n) is 11.3. The topological polar surface area (TPSA) is 55.8 Å². The van der Waals surface area contributed by atoms with Gasteiger partial charge in [-0.1, -0.05) is 11.6 Å². The van der Waals surface area contributed by atoms with E-state index in [2.05, 4.69) is 31.9 Å². The SMILES string of the molecule is CC(Oc1cc(Br)c(Br)cc1Oc1ccc(Cl)cc1)C(=O)O. The molecule has 2 aromatic rings. The lowest BCUT2D eigenvalue weighted by atomic mass is 10.3. The fourth-order valence-corrected chi connectivity index (χ4v) is 2.32. The van der Waals surface area contributed by atoms with Crippen LogP contribution in [0.25, 0.3) is 0 Å². The van der Waals surface area contributed by atoms with E-state index >= 15 is 0 Å². The van der Waals surface area contributed by atoms with Gasteiger partial charge < -0.3 is 14.6 Å². The summed E-state index contributed by atoms with van der Waals surface area (Å²) in [5, 5.41) is 9.57. The van der Waals surface area contributed by atoms with Gasteiger partial charge in [-0.15, -0.1) is 0 Å². The molecule has 22 heavy (non-hydrogen) atoms. The number of ether oxygens (including phenoxy) is 2. The summed E-state index contributed by atoms with van der Waals surface area (Å²) in [6.45, 7) is 1.45. The average molecular weight is 451 g/mol. The Morgan fingerprint density at radius 1 is 1.14 bits per heavy atom. The molecule has 0 amide bonds. The molecule has 0 bridgehead atoms.